The Morgan fingerprint density at radius 3 is 2.73 bits per heavy atom. The molecule has 2 aromatic rings. The highest BCUT2D eigenvalue weighted by Crippen LogP contribution is 2.29. The van der Waals surface area contributed by atoms with Crippen LogP contribution in [0.3, 0.4) is 0 Å². The Bertz CT molecular complexity index is 429. The molecule has 3 nitrogen and oxygen atoms in total. The molecule has 78 valence electrons. The minimum Gasteiger partial charge on any atom is -0.434 e. The molecule has 2 rings (SSSR count). The lowest BCUT2D eigenvalue weighted by molar-refractivity contribution is -0.0494. The molecule has 1 N–H and O–H groups in total. The van der Waals surface area contributed by atoms with E-state index in [1.807, 2.05) is 0 Å². The topological polar surface area (TPSA) is 37.9 Å². The molecule has 0 aliphatic heterocycles. The van der Waals surface area contributed by atoms with Crippen LogP contribution < -0.4 is 4.74 Å². The summed E-state index contributed by atoms with van der Waals surface area (Å²) in [6.45, 7) is -2.82. The fraction of sp³-hybridized carbons (Fsp3) is 0.100. The first-order valence-electron chi connectivity index (χ1n) is 4.30. The lowest BCUT2D eigenvalue weighted by Crippen LogP contribution is -2.02. The average Bonchev–Trinajstić information content (AvgIpc) is 2.70. The molecule has 1 aromatic heterocycles. The van der Waals surface area contributed by atoms with E-state index in [-0.39, 0.29) is 5.75 Å². The smallest absolute Gasteiger partial charge is 0.387 e. The number of benzene rings is 1. The summed E-state index contributed by atoms with van der Waals surface area (Å²) in [4.78, 5) is 0. The van der Waals surface area contributed by atoms with Gasteiger partial charge in [0.15, 0.2) is 0 Å². The van der Waals surface area contributed by atoms with Crippen LogP contribution in [0.5, 0.6) is 5.75 Å². The number of alkyl halides is 2. The fourth-order valence-corrected chi connectivity index (χ4v) is 1.30. The predicted octanol–water partition coefficient (Wildman–Crippen LogP) is 2.68. The van der Waals surface area contributed by atoms with E-state index in [0.29, 0.717) is 11.1 Å². The minimum absolute atomic E-state index is 0.147. The number of aromatic nitrogens is 2. The highest BCUT2D eigenvalue weighted by molar-refractivity contribution is 5.68. The first-order valence-corrected chi connectivity index (χ1v) is 4.30. The number of hydrogen-bond acceptors (Lipinski definition) is 2. The summed E-state index contributed by atoms with van der Waals surface area (Å²) in [6, 6.07) is 6.58. The Labute approximate surface area is 84.7 Å². The van der Waals surface area contributed by atoms with Crippen molar-refractivity contribution in [3.05, 3.63) is 36.7 Å². The number of halogens is 2. The normalized spacial score (nSPS) is 10.6. The average molecular weight is 210 g/mol. The summed E-state index contributed by atoms with van der Waals surface area (Å²) in [5.74, 6) is 0.147. The van der Waals surface area contributed by atoms with Crippen molar-refractivity contribution in [1.29, 1.82) is 0 Å². The first kappa shape index (κ1) is 9.64. The van der Waals surface area contributed by atoms with Crippen molar-refractivity contribution < 1.29 is 13.5 Å². The molecule has 0 fully saturated rings. The standard InChI is InChI=1S/C10H8F2N2O/c11-10(12)15-9-4-2-1-3-8(9)7-5-13-14-6-7/h1-6,10H,(H,13,14). The molecule has 0 saturated heterocycles. The molecule has 0 unspecified atom stereocenters. The van der Waals surface area contributed by atoms with Crippen LogP contribution in [0.15, 0.2) is 36.7 Å². The van der Waals surface area contributed by atoms with E-state index in [1.165, 1.54) is 6.07 Å². The van der Waals surface area contributed by atoms with Crippen LogP contribution in [-0.4, -0.2) is 16.8 Å². The summed E-state index contributed by atoms with van der Waals surface area (Å²) >= 11 is 0. The van der Waals surface area contributed by atoms with Gasteiger partial charge in [-0.2, -0.15) is 13.9 Å². The van der Waals surface area contributed by atoms with E-state index in [9.17, 15) is 8.78 Å². The highest BCUT2D eigenvalue weighted by Gasteiger charge is 2.10. The zero-order chi connectivity index (χ0) is 10.7. The second kappa shape index (κ2) is 4.08. The summed E-state index contributed by atoms with van der Waals surface area (Å²) in [7, 11) is 0. The van der Waals surface area contributed by atoms with Gasteiger partial charge in [-0.15, -0.1) is 0 Å². The summed E-state index contributed by atoms with van der Waals surface area (Å²) < 4.78 is 28.6. The van der Waals surface area contributed by atoms with Crippen LogP contribution in [0.25, 0.3) is 11.1 Å². The number of para-hydroxylation sites is 1. The fourth-order valence-electron chi connectivity index (χ4n) is 1.30. The number of nitrogens with zero attached hydrogens (tertiary/aromatic N) is 1. The van der Waals surface area contributed by atoms with Gasteiger partial charge in [0.05, 0.1) is 6.20 Å². The monoisotopic (exact) mass is 210 g/mol. The molecule has 0 atom stereocenters. The van der Waals surface area contributed by atoms with Gasteiger partial charge in [0.2, 0.25) is 0 Å². The zero-order valence-electron chi connectivity index (χ0n) is 7.65. The molecule has 5 heteroatoms. The SMILES string of the molecule is FC(F)Oc1ccccc1-c1cn[nH]c1. The number of rotatable bonds is 3. The molecule has 0 spiro atoms. The van der Waals surface area contributed by atoms with Crippen molar-refractivity contribution in [2.45, 2.75) is 6.61 Å². The third kappa shape index (κ3) is 2.12. The molecule has 0 saturated carbocycles. The second-order valence-corrected chi connectivity index (χ2v) is 2.86. The van der Waals surface area contributed by atoms with Gasteiger partial charge in [-0.1, -0.05) is 18.2 Å². The minimum atomic E-state index is -2.82. The number of hydrogen-bond donors (Lipinski definition) is 1. The van der Waals surface area contributed by atoms with Crippen LogP contribution in [0.4, 0.5) is 8.78 Å². The molecule has 0 bridgehead atoms. The Morgan fingerprint density at radius 2 is 2.07 bits per heavy atom. The quantitative estimate of drug-likeness (QED) is 0.845. The molecule has 0 aliphatic rings. The highest BCUT2D eigenvalue weighted by atomic mass is 19.3. The van der Waals surface area contributed by atoms with Gasteiger partial charge in [-0.3, -0.25) is 5.10 Å². The maximum Gasteiger partial charge on any atom is 0.387 e. The van der Waals surface area contributed by atoms with E-state index < -0.39 is 6.61 Å². The van der Waals surface area contributed by atoms with Gasteiger partial charge in [0.1, 0.15) is 5.75 Å². The molecular formula is C10H8F2N2O. The van der Waals surface area contributed by atoms with Gasteiger partial charge in [0, 0.05) is 17.3 Å². The maximum absolute atomic E-state index is 12.1. The molecule has 1 aromatic carbocycles. The van der Waals surface area contributed by atoms with Crippen LogP contribution in [0, 0.1) is 0 Å². The molecule has 15 heavy (non-hydrogen) atoms. The molecule has 0 amide bonds. The lowest BCUT2D eigenvalue weighted by atomic mass is 10.1. The van der Waals surface area contributed by atoms with E-state index in [2.05, 4.69) is 14.9 Å². The maximum atomic E-state index is 12.1. The van der Waals surface area contributed by atoms with E-state index >= 15 is 0 Å². The number of H-pyrrole nitrogens is 1. The number of ether oxygens (including phenoxy) is 1. The second-order valence-electron chi connectivity index (χ2n) is 2.86. The largest absolute Gasteiger partial charge is 0.434 e. The van der Waals surface area contributed by atoms with Gasteiger partial charge < -0.3 is 4.74 Å². The summed E-state index contributed by atoms with van der Waals surface area (Å²) in [6.07, 6.45) is 3.17. The van der Waals surface area contributed by atoms with Crippen molar-refractivity contribution in [2.75, 3.05) is 0 Å². The number of nitrogens with one attached hydrogen (secondary N) is 1. The van der Waals surface area contributed by atoms with Crippen molar-refractivity contribution in [2.24, 2.45) is 0 Å². The Kier molecular flexibility index (Phi) is 2.62. The van der Waals surface area contributed by atoms with E-state index in [1.54, 1.807) is 30.6 Å². The van der Waals surface area contributed by atoms with E-state index in [4.69, 9.17) is 0 Å². The predicted molar refractivity (Wildman–Crippen MR) is 50.7 cm³/mol. The lowest BCUT2D eigenvalue weighted by Gasteiger charge is -2.08. The Morgan fingerprint density at radius 1 is 1.27 bits per heavy atom. The van der Waals surface area contributed by atoms with Gasteiger partial charge >= 0.3 is 6.61 Å². The van der Waals surface area contributed by atoms with Crippen LogP contribution in [0.2, 0.25) is 0 Å². The van der Waals surface area contributed by atoms with Crippen molar-refractivity contribution in [3.8, 4) is 16.9 Å². The molecule has 1 heterocycles. The van der Waals surface area contributed by atoms with Crippen molar-refractivity contribution in [3.63, 3.8) is 0 Å². The summed E-state index contributed by atoms with van der Waals surface area (Å²) in [5, 5.41) is 6.37. The molecular weight excluding hydrogens is 202 g/mol. The van der Waals surface area contributed by atoms with Crippen LogP contribution in [0.1, 0.15) is 0 Å². The van der Waals surface area contributed by atoms with E-state index in [0.717, 1.165) is 0 Å². The van der Waals surface area contributed by atoms with Crippen LogP contribution in [-0.2, 0) is 0 Å². The molecule has 0 aliphatic carbocycles. The summed E-state index contributed by atoms with van der Waals surface area (Å²) in [5.41, 5.74) is 1.30. The molecule has 0 radical (unpaired) electrons. The van der Waals surface area contributed by atoms with Gasteiger partial charge in [-0.25, -0.2) is 0 Å². The number of aromatic amines is 1. The third-order valence-electron chi connectivity index (χ3n) is 1.91. The van der Waals surface area contributed by atoms with Crippen molar-refractivity contribution >= 4 is 0 Å². The van der Waals surface area contributed by atoms with Crippen LogP contribution >= 0.6 is 0 Å². The third-order valence-corrected chi connectivity index (χ3v) is 1.91. The van der Waals surface area contributed by atoms with Gasteiger partial charge in [0.25, 0.3) is 0 Å². The first-order chi connectivity index (χ1) is 7.27. The zero-order valence-corrected chi connectivity index (χ0v) is 7.65. The Hall–Kier alpha value is -1.91. The Balaban J connectivity index is 2.38. The van der Waals surface area contributed by atoms with Crippen molar-refractivity contribution in [1.82, 2.24) is 10.2 Å². The van der Waals surface area contributed by atoms with Gasteiger partial charge in [-0.05, 0) is 6.07 Å².